The Morgan fingerprint density at radius 3 is 2.84 bits per heavy atom. The van der Waals surface area contributed by atoms with Crippen LogP contribution in [0.4, 0.5) is 6.01 Å². The Balaban J connectivity index is 1.77. The third-order valence-electron chi connectivity index (χ3n) is 4.31. The van der Waals surface area contributed by atoms with E-state index >= 15 is 0 Å². The summed E-state index contributed by atoms with van der Waals surface area (Å²) >= 11 is 0. The van der Waals surface area contributed by atoms with Crippen LogP contribution in [-0.2, 0) is 16.6 Å². The van der Waals surface area contributed by atoms with E-state index in [-0.39, 0.29) is 30.6 Å². The zero-order chi connectivity index (χ0) is 18.0. The van der Waals surface area contributed by atoms with E-state index in [1.807, 2.05) is 38.6 Å². The van der Waals surface area contributed by atoms with Crippen LogP contribution in [0.15, 0.2) is 16.9 Å². The fourth-order valence-electron chi connectivity index (χ4n) is 2.95. The van der Waals surface area contributed by atoms with Gasteiger partial charge in [-0.1, -0.05) is 19.0 Å². The minimum Gasteiger partial charge on any atom is -0.364 e. The van der Waals surface area contributed by atoms with Gasteiger partial charge in [-0.3, -0.25) is 4.79 Å². The number of imidazole rings is 1. The lowest BCUT2D eigenvalue weighted by Gasteiger charge is -2.39. The highest BCUT2D eigenvalue weighted by atomic mass is 16.5. The molecule has 9 nitrogen and oxygen atoms in total. The fraction of sp³-hybridized carbons (Fsp3) is 0.625. The monoisotopic (exact) mass is 348 g/mol. The number of carbonyl (C=O) groups is 1. The summed E-state index contributed by atoms with van der Waals surface area (Å²) in [7, 11) is 1.91. The topological polar surface area (TPSA) is 98.3 Å². The number of nitrogens with one attached hydrogen (secondary N) is 1. The molecule has 0 spiro atoms. The minimum atomic E-state index is -0.272. The van der Waals surface area contributed by atoms with Gasteiger partial charge in [-0.25, -0.2) is 4.98 Å². The summed E-state index contributed by atoms with van der Waals surface area (Å²) in [5.74, 6) is 1.60. The summed E-state index contributed by atoms with van der Waals surface area (Å²) in [6, 6.07) is 0.0806. The van der Waals surface area contributed by atoms with E-state index in [0.29, 0.717) is 24.9 Å². The zero-order valence-corrected chi connectivity index (χ0v) is 15.0. The minimum absolute atomic E-state index is 0.0355. The summed E-state index contributed by atoms with van der Waals surface area (Å²) in [6.45, 7) is 7.04. The number of aromatic nitrogens is 4. The highest BCUT2D eigenvalue weighted by Gasteiger charge is 2.39. The van der Waals surface area contributed by atoms with Gasteiger partial charge in [0.15, 0.2) is 5.82 Å². The highest BCUT2D eigenvalue weighted by molar-refractivity contribution is 5.78. The van der Waals surface area contributed by atoms with E-state index in [9.17, 15) is 4.79 Å². The van der Waals surface area contributed by atoms with Crippen molar-refractivity contribution < 1.29 is 14.1 Å². The number of rotatable bonds is 6. The molecule has 1 saturated heterocycles. The molecule has 9 heteroatoms. The van der Waals surface area contributed by atoms with Crippen molar-refractivity contribution in [3.05, 3.63) is 24.0 Å². The van der Waals surface area contributed by atoms with Crippen molar-refractivity contribution in [2.24, 2.45) is 7.05 Å². The number of likely N-dealkylation sites (N-methyl/N-ethyl adjacent to an activating group) is 1. The van der Waals surface area contributed by atoms with Crippen molar-refractivity contribution in [2.75, 3.05) is 25.0 Å². The maximum atomic E-state index is 12.2. The second-order valence-electron chi connectivity index (χ2n) is 6.36. The quantitative estimate of drug-likeness (QED) is 0.841. The number of carbonyl (C=O) groups excluding carboxylic acids is 1. The first-order valence-corrected chi connectivity index (χ1v) is 8.47. The van der Waals surface area contributed by atoms with Gasteiger partial charge in [0.05, 0.1) is 0 Å². The molecule has 0 radical (unpaired) electrons. The predicted octanol–water partition coefficient (Wildman–Crippen LogP) is 1.33. The van der Waals surface area contributed by atoms with Gasteiger partial charge in [-0.05, 0) is 6.92 Å². The number of amides is 1. The van der Waals surface area contributed by atoms with Gasteiger partial charge in [-0.15, -0.1) is 0 Å². The molecule has 1 aliphatic rings. The average molecular weight is 348 g/mol. The highest BCUT2D eigenvalue weighted by Crippen LogP contribution is 2.29. The Labute approximate surface area is 146 Å². The SMILES string of the molecule is CCN1C(=O)CO[C@@H](CNc2nc(C(C)C)no2)[C@@H]1c1nccn1C. The van der Waals surface area contributed by atoms with Gasteiger partial charge < -0.3 is 24.0 Å². The molecule has 136 valence electrons. The normalized spacial score (nSPS) is 21.2. The number of aryl methyl sites for hydroxylation is 1. The Bertz CT molecular complexity index is 725. The molecule has 3 rings (SSSR count). The van der Waals surface area contributed by atoms with Crippen LogP contribution in [0.1, 0.15) is 44.4 Å². The first kappa shape index (κ1) is 17.4. The van der Waals surface area contributed by atoms with Crippen LogP contribution in [0.2, 0.25) is 0 Å². The third-order valence-corrected chi connectivity index (χ3v) is 4.31. The molecule has 1 N–H and O–H groups in total. The Hall–Kier alpha value is -2.42. The van der Waals surface area contributed by atoms with Gasteiger partial charge in [0.25, 0.3) is 0 Å². The van der Waals surface area contributed by atoms with Gasteiger partial charge in [-0.2, -0.15) is 4.98 Å². The van der Waals surface area contributed by atoms with Crippen molar-refractivity contribution in [1.29, 1.82) is 0 Å². The molecule has 2 aromatic rings. The Morgan fingerprint density at radius 1 is 1.44 bits per heavy atom. The number of ether oxygens (including phenoxy) is 1. The molecular weight excluding hydrogens is 324 g/mol. The molecular formula is C16H24N6O3. The average Bonchev–Trinajstić information content (AvgIpc) is 3.22. The van der Waals surface area contributed by atoms with Crippen molar-refractivity contribution in [2.45, 2.75) is 38.8 Å². The lowest BCUT2D eigenvalue weighted by atomic mass is 10.1. The smallest absolute Gasteiger partial charge is 0.321 e. The van der Waals surface area contributed by atoms with Crippen LogP contribution in [0.3, 0.4) is 0 Å². The number of hydrogen-bond acceptors (Lipinski definition) is 7. The summed E-state index contributed by atoms with van der Waals surface area (Å²) in [5.41, 5.74) is 0. The van der Waals surface area contributed by atoms with Crippen molar-refractivity contribution >= 4 is 11.9 Å². The molecule has 25 heavy (non-hydrogen) atoms. The molecule has 1 aliphatic heterocycles. The van der Waals surface area contributed by atoms with Crippen LogP contribution < -0.4 is 5.32 Å². The van der Waals surface area contributed by atoms with Crippen molar-refractivity contribution in [1.82, 2.24) is 24.6 Å². The molecule has 0 saturated carbocycles. The van der Waals surface area contributed by atoms with Crippen LogP contribution in [0, 0.1) is 0 Å². The molecule has 0 bridgehead atoms. The van der Waals surface area contributed by atoms with Crippen LogP contribution >= 0.6 is 0 Å². The molecule has 1 amide bonds. The first-order valence-electron chi connectivity index (χ1n) is 8.47. The first-order chi connectivity index (χ1) is 12.0. The fourth-order valence-corrected chi connectivity index (χ4v) is 2.95. The molecule has 2 aromatic heterocycles. The molecule has 3 heterocycles. The van der Waals surface area contributed by atoms with Gasteiger partial charge in [0.1, 0.15) is 24.6 Å². The maximum absolute atomic E-state index is 12.2. The summed E-state index contributed by atoms with van der Waals surface area (Å²) in [5, 5.41) is 7.06. The van der Waals surface area contributed by atoms with E-state index in [0.717, 1.165) is 5.82 Å². The lowest BCUT2D eigenvalue weighted by molar-refractivity contribution is -0.156. The van der Waals surface area contributed by atoms with Crippen LogP contribution in [0.25, 0.3) is 0 Å². The van der Waals surface area contributed by atoms with E-state index in [1.54, 1.807) is 11.1 Å². The Morgan fingerprint density at radius 2 is 2.24 bits per heavy atom. The standard InChI is InChI=1S/C16H24N6O3/c1-5-22-12(23)9-24-11(13(22)15-17-6-7-21(15)4)8-18-16-19-14(10(2)3)20-25-16/h6-7,10-11,13H,5,8-9H2,1-4H3,(H,18,19,20)/t11-,13+/m0/s1. The van der Waals surface area contributed by atoms with E-state index < -0.39 is 0 Å². The van der Waals surface area contributed by atoms with Crippen LogP contribution in [0.5, 0.6) is 0 Å². The van der Waals surface area contributed by atoms with Gasteiger partial charge in [0.2, 0.25) is 5.91 Å². The van der Waals surface area contributed by atoms with E-state index in [2.05, 4.69) is 20.4 Å². The van der Waals surface area contributed by atoms with Crippen molar-refractivity contribution in [3.63, 3.8) is 0 Å². The second-order valence-corrected chi connectivity index (χ2v) is 6.36. The third kappa shape index (κ3) is 3.51. The summed E-state index contributed by atoms with van der Waals surface area (Å²) in [4.78, 5) is 22.8. The van der Waals surface area contributed by atoms with E-state index in [4.69, 9.17) is 9.26 Å². The molecule has 0 unspecified atom stereocenters. The number of anilines is 1. The van der Waals surface area contributed by atoms with E-state index in [1.165, 1.54) is 0 Å². The largest absolute Gasteiger partial charge is 0.364 e. The van der Waals surface area contributed by atoms with Crippen LogP contribution in [-0.4, -0.2) is 56.3 Å². The summed E-state index contributed by atoms with van der Waals surface area (Å²) in [6.07, 6.45) is 3.31. The number of morpholine rings is 1. The predicted molar refractivity (Wildman–Crippen MR) is 90.0 cm³/mol. The molecule has 0 aliphatic carbocycles. The zero-order valence-electron chi connectivity index (χ0n) is 15.0. The maximum Gasteiger partial charge on any atom is 0.321 e. The second kappa shape index (κ2) is 7.22. The number of nitrogens with zero attached hydrogens (tertiary/aromatic N) is 5. The Kier molecular flexibility index (Phi) is 5.03. The number of hydrogen-bond donors (Lipinski definition) is 1. The van der Waals surface area contributed by atoms with Gasteiger partial charge in [0, 0.05) is 38.4 Å². The molecule has 1 fully saturated rings. The van der Waals surface area contributed by atoms with Crippen molar-refractivity contribution in [3.8, 4) is 0 Å². The summed E-state index contributed by atoms with van der Waals surface area (Å²) < 4.78 is 12.9. The lowest BCUT2D eigenvalue weighted by Crippen LogP contribution is -2.51. The molecule has 0 aromatic carbocycles. The molecule has 2 atom stereocenters. The van der Waals surface area contributed by atoms with Gasteiger partial charge >= 0.3 is 6.01 Å².